The van der Waals surface area contributed by atoms with Gasteiger partial charge in [-0.3, -0.25) is 4.98 Å². The third-order valence-electron chi connectivity index (χ3n) is 3.15. The van der Waals surface area contributed by atoms with Crippen LogP contribution >= 0.6 is 0 Å². The van der Waals surface area contributed by atoms with Crippen LogP contribution in [0.5, 0.6) is 0 Å². The second-order valence-corrected chi connectivity index (χ2v) is 4.25. The first-order chi connectivity index (χ1) is 8.40. The minimum Gasteiger partial charge on any atom is -0.347 e. The Labute approximate surface area is 99.9 Å². The van der Waals surface area contributed by atoms with Crippen molar-refractivity contribution >= 4 is 21.7 Å². The van der Waals surface area contributed by atoms with E-state index in [-0.39, 0.29) is 0 Å². The molecule has 0 aliphatic carbocycles. The van der Waals surface area contributed by atoms with Gasteiger partial charge in [-0.15, -0.1) is 0 Å². The molecule has 0 aliphatic rings. The molecule has 0 atom stereocenters. The minimum absolute atomic E-state index is 0.725. The maximum absolute atomic E-state index is 5.58. The van der Waals surface area contributed by atoms with Gasteiger partial charge in [-0.25, -0.2) is 0 Å². The molecule has 0 spiro atoms. The van der Waals surface area contributed by atoms with Crippen molar-refractivity contribution in [3.8, 4) is 0 Å². The van der Waals surface area contributed by atoms with Crippen molar-refractivity contribution in [2.24, 2.45) is 5.73 Å². The lowest BCUT2D eigenvalue weighted by Gasteiger charge is -2.06. The van der Waals surface area contributed by atoms with E-state index in [9.17, 15) is 0 Å². The van der Waals surface area contributed by atoms with E-state index in [1.54, 1.807) is 0 Å². The topological polar surface area (TPSA) is 43.8 Å². The molecule has 0 amide bonds. The average Bonchev–Trinajstić information content (AvgIpc) is 2.80. The van der Waals surface area contributed by atoms with Gasteiger partial charge in [-0.2, -0.15) is 0 Å². The van der Waals surface area contributed by atoms with E-state index < -0.39 is 0 Å². The Bertz CT molecular complexity index is 655. The van der Waals surface area contributed by atoms with Crippen LogP contribution in [0.1, 0.15) is 6.42 Å². The van der Waals surface area contributed by atoms with Crippen LogP contribution in [-0.4, -0.2) is 16.1 Å². The Hall–Kier alpha value is -1.87. The van der Waals surface area contributed by atoms with Crippen molar-refractivity contribution < 1.29 is 0 Å². The summed E-state index contributed by atoms with van der Waals surface area (Å²) in [5.74, 6) is 0. The summed E-state index contributed by atoms with van der Waals surface area (Å²) >= 11 is 0. The van der Waals surface area contributed by atoms with Crippen LogP contribution in [0.3, 0.4) is 0 Å². The molecule has 2 heterocycles. The van der Waals surface area contributed by atoms with Gasteiger partial charge in [0.1, 0.15) is 0 Å². The molecule has 0 radical (unpaired) electrons. The van der Waals surface area contributed by atoms with E-state index >= 15 is 0 Å². The van der Waals surface area contributed by atoms with E-state index in [4.69, 9.17) is 5.73 Å². The summed E-state index contributed by atoms with van der Waals surface area (Å²) in [5, 5.41) is 3.72. The van der Waals surface area contributed by atoms with Gasteiger partial charge >= 0.3 is 0 Å². The van der Waals surface area contributed by atoms with Crippen LogP contribution in [0.25, 0.3) is 21.7 Å². The fraction of sp³-hybridized carbons (Fsp3) is 0.214. The van der Waals surface area contributed by atoms with Crippen LogP contribution in [-0.2, 0) is 6.54 Å². The number of hydrogen-bond acceptors (Lipinski definition) is 2. The van der Waals surface area contributed by atoms with Crippen molar-refractivity contribution in [1.82, 2.24) is 9.55 Å². The molecule has 0 unspecified atom stereocenters. The normalized spacial score (nSPS) is 11.4. The van der Waals surface area contributed by atoms with Crippen molar-refractivity contribution in [2.75, 3.05) is 6.54 Å². The number of fused-ring (bicyclic) bond motifs is 3. The first kappa shape index (κ1) is 10.3. The molecule has 1 aromatic carbocycles. The fourth-order valence-corrected chi connectivity index (χ4v) is 2.31. The SMILES string of the molecule is NCCCn1ccc2ccc3ccncc3c21. The largest absolute Gasteiger partial charge is 0.347 e. The predicted molar refractivity (Wildman–Crippen MR) is 70.9 cm³/mol. The van der Waals surface area contributed by atoms with E-state index in [0.717, 1.165) is 19.5 Å². The number of nitrogens with two attached hydrogens (primary N) is 1. The molecule has 2 N–H and O–H groups in total. The zero-order chi connectivity index (χ0) is 11.7. The van der Waals surface area contributed by atoms with Crippen molar-refractivity contribution in [3.63, 3.8) is 0 Å². The fourth-order valence-electron chi connectivity index (χ4n) is 2.31. The van der Waals surface area contributed by atoms with Gasteiger partial charge in [0.15, 0.2) is 0 Å². The number of nitrogens with zero attached hydrogens (tertiary/aromatic N) is 2. The number of benzene rings is 1. The molecule has 3 rings (SSSR count). The lowest BCUT2D eigenvalue weighted by atomic mass is 10.1. The monoisotopic (exact) mass is 225 g/mol. The van der Waals surface area contributed by atoms with Gasteiger partial charge in [0, 0.05) is 35.9 Å². The first-order valence-corrected chi connectivity index (χ1v) is 5.92. The molecule has 3 aromatic rings. The number of hydrogen-bond donors (Lipinski definition) is 1. The summed E-state index contributed by atoms with van der Waals surface area (Å²) in [7, 11) is 0. The summed E-state index contributed by atoms with van der Waals surface area (Å²) in [5.41, 5.74) is 6.84. The molecular weight excluding hydrogens is 210 g/mol. The predicted octanol–water partition coefficient (Wildman–Crippen LogP) is 2.54. The van der Waals surface area contributed by atoms with Crippen molar-refractivity contribution in [2.45, 2.75) is 13.0 Å². The molecular formula is C14H15N3. The molecule has 3 heteroatoms. The number of pyridine rings is 1. The van der Waals surface area contributed by atoms with Crippen molar-refractivity contribution in [1.29, 1.82) is 0 Å². The van der Waals surface area contributed by atoms with Gasteiger partial charge < -0.3 is 10.3 Å². The molecule has 0 saturated carbocycles. The van der Waals surface area contributed by atoms with Gasteiger partial charge in [0.2, 0.25) is 0 Å². The summed E-state index contributed by atoms with van der Waals surface area (Å²) in [6, 6.07) is 8.51. The number of aryl methyl sites for hydroxylation is 1. The summed E-state index contributed by atoms with van der Waals surface area (Å²) < 4.78 is 2.27. The van der Waals surface area contributed by atoms with Gasteiger partial charge in [-0.1, -0.05) is 12.1 Å². The smallest absolute Gasteiger partial charge is 0.0575 e. The Kier molecular flexibility index (Phi) is 2.53. The van der Waals surface area contributed by atoms with Crippen LogP contribution in [0.15, 0.2) is 42.9 Å². The highest BCUT2D eigenvalue weighted by Gasteiger charge is 2.05. The average molecular weight is 225 g/mol. The molecule has 17 heavy (non-hydrogen) atoms. The van der Waals surface area contributed by atoms with Crippen LogP contribution in [0, 0.1) is 0 Å². The van der Waals surface area contributed by atoms with Crippen LogP contribution in [0.4, 0.5) is 0 Å². The lowest BCUT2D eigenvalue weighted by molar-refractivity contribution is 0.672. The Morgan fingerprint density at radius 2 is 2.00 bits per heavy atom. The Morgan fingerprint density at radius 3 is 2.88 bits per heavy atom. The molecule has 0 bridgehead atoms. The molecule has 0 fully saturated rings. The zero-order valence-electron chi connectivity index (χ0n) is 9.63. The van der Waals surface area contributed by atoms with E-state index in [1.807, 2.05) is 12.4 Å². The van der Waals surface area contributed by atoms with Crippen LogP contribution in [0.2, 0.25) is 0 Å². The summed E-state index contributed by atoms with van der Waals surface area (Å²) in [6.07, 6.45) is 6.91. The first-order valence-electron chi connectivity index (χ1n) is 5.92. The van der Waals surface area contributed by atoms with Gasteiger partial charge in [0.05, 0.1) is 5.52 Å². The highest BCUT2D eigenvalue weighted by atomic mass is 15.0. The molecule has 3 nitrogen and oxygen atoms in total. The zero-order valence-corrected chi connectivity index (χ0v) is 9.63. The third-order valence-corrected chi connectivity index (χ3v) is 3.15. The maximum atomic E-state index is 5.58. The Morgan fingerprint density at radius 1 is 1.12 bits per heavy atom. The van der Waals surface area contributed by atoms with Crippen molar-refractivity contribution in [3.05, 3.63) is 42.9 Å². The van der Waals surface area contributed by atoms with Crippen LogP contribution < -0.4 is 5.73 Å². The van der Waals surface area contributed by atoms with E-state index in [0.29, 0.717) is 0 Å². The summed E-state index contributed by atoms with van der Waals surface area (Å²) in [4.78, 5) is 4.23. The van der Waals surface area contributed by atoms with Gasteiger partial charge in [0.25, 0.3) is 0 Å². The summed E-state index contributed by atoms with van der Waals surface area (Å²) in [6.45, 7) is 1.69. The maximum Gasteiger partial charge on any atom is 0.0575 e. The molecule has 0 aliphatic heterocycles. The quantitative estimate of drug-likeness (QED) is 0.744. The molecule has 86 valence electrons. The standard InChI is InChI=1S/C14H15N3/c15-6-1-8-17-9-5-12-3-2-11-4-7-16-10-13(11)14(12)17/h2-5,7,9-10H,1,6,8,15H2. The third kappa shape index (κ3) is 1.68. The number of aromatic nitrogens is 2. The highest BCUT2D eigenvalue weighted by molar-refractivity contribution is 6.05. The number of rotatable bonds is 3. The minimum atomic E-state index is 0.725. The lowest BCUT2D eigenvalue weighted by Crippen LogP contribution is -2.04. The second kappa shape index (κ2) is 4.18. The highest BCUT2D eigenvalue weighted by Crippen LogP contribution is 2.25. The van der Waals surface area contributed by atoms with Gasteiger partial charge in [-0.05, 0) is 30.5 Å². The van der Waals surface area contributed by atoms with E-state index in [1.165, 1.54) is 21.7 Å². The molecule has 2 aromatic heterocycles. The molecule has 0 saturated heterocycles. The van der Waals surface area contributed by atoms with E-state index in [2.05, 4.69) is 40.0 Å². The second-order valence-electron chi connectivity index (χ2n) is 4.25. The Balaban J connectivity index is 2.27.